The van der Waals surface area contributed by atoms with Crippen LogP contribution in [0.3, 0.4) is 0 Å². The second-order valence-corrected chi connectivity index (χ2v) is 13.6. The van der Waals surface area contributed by atoms with Crippen LogP contribution in [0, 0.1) is 10.8 Å². The van der Waals surface area contributed by atoms with Crippen molar-refractivity contribution in [3.63, 3.8) is 0 Å². The van der Waals surface area contributed by atoms with E-state index in [0.29, 0.717) is 22.7 Å². The van der Waals surface area contributed by atoms with E-state index < -0.39 is 0 Å². The van der Waals surface area contributed by atoms with Crippen LogP contribution in [-0.2, 0) is 12.8 Å². The summed E-state index contributed by atoms with van der Waals surface area (Å²) in [6.45, 7) is 4.98. The Bertz CT molecular complexity index is 1520. The van der Waals surface area contributed by atoms with E-state index in [9.17, 15) is 10.2 Å². The van der Waals surface area contributed by atoms with E-state index >= 15 is 0 Å². The van der Waals surface area contributed by atoms with Crippen LogP contribution in [0.2, 0.25) is 0 Å². The summed E-state index contributed by atoms with van der Waals surface area (Å²) >= 11 is 0. The highest BCUT2D eigenvalue weighted by molar-refractivity contribution is 6.11. The molecule has 0 saturated heterocycles. The fourth-order valence-electron chi connectivity index (χ4n) is 9.63. The molecule has 2 heteroatoms. The molecular formula is C36H38O2. The van der Waals surface area contributed by atoms with E-state index in [1.165, 1.54) is 84.4 Å². The maximum Gasteiger partial charge on any atom is 0.124 e. The smallest absolute Gasteiger partial charge is 0.124 e. The molecule has 4 aromatic carbocycles. The van der Waals surface area contributed by atoms with Gasteiger partial charge in [-0.2, -0.15) is 0 Å². The molecule has 8 rings (SSSR count). The number of rotatable bonds is 1. The zero-order valence-corrected chi connectivity index (χ0v) is 22.7. The highest BCUT2D eigenvalue weighted by Crippen LogP contribution is 2.59. The quantitative estimate of drug-likeness (QED) is 0.272. The Kier molecular flexibility index (Phi) is 4.69. The van der Waals surface area contributed by atoms with Gasteiger partial charge in [0.05, 0.1) is 0 Å². The molecule has 0 amide bonds. The zero-order chi connectivity index (χ0) is 25.8. The number of hydrogen-bond donors (Lipinski definition) is 2. The van der Waals surface area contributed by atoms with Gasteiger partial charge >= 0.3 is 0 Å². The van der Waals surface area contributed by atoms with Crippen LogP contribution in [0.4, 0.5) is 0 Å². The standard InChI is InChI=1S/C36H38O2/c1-35-17-3-5-29(35)25-7-9-27-21(23(25)15-19-35)11-13-31(37)33(27)34-28-10-8-26-24(22(28)12-14-32(34)38)16-20-36(2)18-4-6-30(26)36/h7-14,29-30,37-38H,3-6,15-20H2,1-2H3/t29?,30?,35-,36-/m0/s1. The molecule has 0 bridgehead atoms. The first kappa shape index (κ1) is 22.9. The van der Waals surface area contributed by atoms with Crippen LogP contribution < -0.4 is 0 Å². The number of aromatic hydroxyl groups is 2. The van der Waals surface area contributed by atoms with Crippen LogP contribution in [-0.4, -0.2) is 10.2 Å². The third kappa shape index (κ3) is 2.95. The van der Waals surface area contributed by atoms with Gasteiger partial charge in [0.25, 0.3) is 0 Å². The summed E-state index contributed by atoms with van der Waals surface area (Å²) in [5.41, 5.74) is 8.42. The number of hydrogen-bond acceptors (Lipinski definition) is 2. The van der Waals surface area contributed by atoms with Crippen molar-refractivity contribution in [1.29, 1.82) is 0 Å². The van der Waals surface area contributed by atoms with Crippen LogP contribution in [0.15, 0.2) is 48.5 Å². The van der Waals surface area contributed by atoms with Crippen molar-refractivity contribution in [2.45, 2.75) is 89.9 Å². The van der Waals surface area contributed by atoms with E-state index in [-0.39, 0.29) is 11.5 Å². The van der Waals surface area contributed by atoms with Crippen molar-refractivity contribution in [2.75, 3.05) is 0 Å². The van der Waals surface area contributed by atoms with Gasteiger partial charge in [-0.05, 0) is 130 Å². The monoisotopic (exact) mass is 502 g/mol. The van der Waals surface area contributed by atoms with Gasteiger partial charge in [0.1, 0.15) is 11.5 Å². The lowest BCUT2D eigenvalue weighted by Gasteiger charge is -2.39. The summed E-state index contributed by atoms with van der Waals surface area (Å²) in [7, 11) is 0. The number of benzene rings is 4. The SMILES string of the molecule is C[C@@]12CCCC1c1ccc3c(-c4c(O)ccc5c6c(ccc45)C4CCC[C@@]4(C)CC6)c(O)ccc3c1CC2. The lowest BCUT2D eigenvalue weighted by atomic mass is 9.66. The Balaban J connectivity index is 1.36. The number of aryl methyl sites for hydroxylation is 2. The predicted molar refractivity (Wildman–Crippen MR) is 156 cm³/mol. The third-order valence-electron chi connectivity index (χ3n) is 11.7. The molecule has 2 N–H and O–H groups in total. The molecule has 0 aliphatic heterocycles. The Hall–Kier alpha value is -3.00. The lowest BCUT2D eigenvalue weighted by molar-refractivity contribution is 0.253. The maximum absolute atomic E-state index is 11.3. The summed E-state index contributed by atoms with van der Waals surface area (Å²) in [6.07, 6.45) is 12.6. The molecule has 0 radical (unpaired) electrons. The topological polar surface area (TPSA) is 40.5 Å². The Labute approximate surface area is 225 Å². The van der Waals surface area contributed by atoms with E-state index in [2.05, 4.69) is 50.2 Å². The molecule has 4 aliphatic rings. The van der Waals surface area contributed by atoms with Gasteiger partial charge in [-0.25, -0.2) is 0 Å². The molecule has 2 fully saturated rings. The van der Waals surface area contributed by atoms with Crippen molar-refractivity contribution in [3.05, 3.63) is 70.8 Å². The molecule has 2 nitrogen and oxygen atoms in total. The molecule has 4 aromatic rings. The molecular weight excluding hydrogens is 464 g/mol. The molecule has 0 spiro atoms. The van der Waals surface area contributed by atoms with Gasteiger partial charge in [0, 0.05) is 11.1 Å². The van der Waals surface area contributed by atoms with Crippen LogP contribution in [0.25, 0.3) is 32.7 Å². The predicted octanol–water partition coefficient (Wildman–Crippen LogP) is 9.51. The van der Waals surface area contributed by atoms with E-state index in [1.54, 1.807) is 0 Å². The molecule has 194 valence electrons. The first-order valence-electron chi connectivity index (χ1n) is 14.9. The van der Waals surface area contributed by atoms with E-state index in [0.717, 1.165) is 34.7 Å². The average molecular weight is 503 g/mol. The summed E-state index contributed by atoms with van der Waals surface area (Å²) in [6, 6.07) is 17.1. The number of phenolic OH excluding ortho intramolecular Hbond substituents is 2. The second kappa shape index (κ2) is 7.78. The third-order valence-corrected chi connectivity index (χ3v) is 11.7. The number of fused-ring (bicyclic) bond motifs is 10. The summed E-state index contributed by atoms with van der Waals surface area (Å²) in [5.74, 6) is 1.80. The second-order valence-electron chi connectivity index (χ2n) is 13.6. The Morgan fingerprint density at radius 3 is 1.42 bits per heavy atom. The van der Waals surface area contributed by atoms with Gasteiger partial charge in [-0.15, -0.1) is 0 Å². The van der Waals surface area contributed by atoms with Crippen LogP contribution in [0.5, 0.6) is 11.5 Å². The van der Waals surface area contributed by atoms with Gasteiger partial charge in [0.15, 0.2) is 0 Å². The van der Waals surface area contributed by atoms with Crippen molar-refractivity contribution in [1.82, 2.24) is 0 Å². The Morgan fingerprint density at radius 2 is 0.974 bits per heavy atom. The maximum atomic E-state index is 11.3. The normalized spacial score (nSPS) is 29.7. The van der Waals surface area contributed by atoms with Crippen molar-refractivity contribution < 1.29 is 10.2 Å². The molecule has 0 aromatic heterocycles. The van der Waals surface area contributed by atoms with Gasteiger partial charge in [-0.1, -0.05) is 63.1 Å². The Morgan fingerprint density at radius 1 is 0.553 bits per heavy atom. The summed E-state index contributed by atoms with van der Waals surface area (Å²) in [4.78, 5) is 0. The minimum Gasteiger partial charge on any atom is -0.507 e. The van der Waals surface area contributed by atoms with Crippen LogP contribution >= 0.6 is 0 Å². The average Bonchev–Trinajstić information content (AvgIpc) is 3.51. The van der Waals surface area contributed by atoms with Crippen molar-refractivity contribution in [2.24, 2.45) is 10.8 Å². The fraction of sp³-hybridized carbons (Fsp3) is 0.444. The minimum atomic E-state index is 0.253. The minimum absolute atomic E-state index is 0.253. The first-order chi connectivity index (χ1) is 18.4. The molecule has 38 heavy (non-hydrogen) atoms. The van der Waals surface area contributed by atoms with Gasteiger partial charge < -0.3 is 10.2 Å². The van der Waals surface area contributed by atoms with E-state index in [4.69, 9.17) is 0 Å². The molecule has 0 heterocycles. The molecule has 2 unspecified atom stereocenters. The highest BCUT2D eigenvalue weighted by atomic mass is 16.3. The zero-order valence-electron chi connectivity index (χ0n) is 22.7. The lowest BCUT2D eigenvalue weighted by Crippen LogP contribution is -2.26. The van der Waals surface area contributed by atoms with Crippen molar-refractivity contribution >= 4 is 21.5 Å². The summed E-state index contributed by atoms with van der Waals surface area (Å²) < 4.78 is 0. The van der Waals surface area contributed by atoms with E-state index in [1.807, 2.05) is 12.1 Å². The van der Waals surface area contributed by atoms with Gasteiger partial charge in [-0.3, -0.25) is 0 Å². The molecule has 4 aliphatic carbocycles. The number of phenols is 2. The van der Waals surface area contributed by atoms with Gasteiger partial charge in [0.2, 0.25) is 0 Å². The largest absolute Gasteiger partial charge is 0.507 e. The molecule has 2 saturated carbocycles. The fourth-order valence-corrected chi connectivity index (χ4v) is 9.63. The summed E-state index contributed by atoms with van der Waals surface area (Å²) in [5, 5.41) is 27.3. The first-order valence-corrected chi connectivity index (χ1v) is 14.9. The van der Waals surface area contributed by atoms with Crippen LogP contribution in [0.1, 0.15) is 99.3 Å². The van der Waals surface area contributed by atoms with Crippen molar-refractivity contribution in [3.8, 4) is 22.6 Å². The highest BCUT2D eigenvalue weighted by Gasteiger charge is 2.44. The molecule has 4 atom stereocenters.